The van der Waals surface area contributed by atoms with Gasteiger partial charge in [0.25, 0.3) is 0 Å². The molecule has 2 aromatic rings. The van der Waals surface area contributed by atoms with Gasteiger partial charge in [-0.15, -0.1) is 0 Å². The molecule has 0 aromatic carbocycles. The summed E-state index contributed by atoms with van der Waals surface area (Å²) in [4.78, 5) is 20.9. The smallest absolute Gasteiger partial charge is 0.245 e. The van der Waals surface area contributed by atoms with Crippen LogP contribution in [-0.2, 0) is 0 Å². The van der Waals surface area contributed by atoms with Gasteiger partial charge in [0.05, 0.1) is 5.69 Å². The first kappa shape index (κ1) is 13.1. The molecule has 2 rings (SSSR count). The van der Waals surface area contributed by atoms with E-state index in [0.29, 0.717) is 10.8 Å². The molecule has 2 aromatic heterocycles. The van der Waals surface area contributed by atoms with E-state index >= 15 is 0 Å². The van der Waals surface area contributed by atoms with Gasteiger partial charge in [0.15, 0.2) is 5.16 Å². The van der Waals surface area contributed by atoms with Crippen molar-refractivity contribution in [1.82, 2.24) is 14.5 Å². The normalized spacial score (nSPS) is 11.4. The Bertz CT molecular complexity index is 666. The van der Waals surface area contributed by atoms with Crippen LogP contribution in [0, 0.1) is 6.92 Å². The number of fused-ring (bicyclic) bond motifs is 1. The molecule has 0 atom stereocenters. The topological polar surface area (TPSA) is 47.8 Å². The summed E-state index contributed by atoms with van der Waals surface area (Å²) in [6.07, 6.45) is 1.91. The van der Waals surface area contributed by atoms with Crippen molar-refractivity contribution in [2.24, 2.45) is 0 Å². The molecular formula is C12H14BN3OS. The van der Waals surface area contributed by atoms with Gasteiger partial charge in [-0.3, -0.25) is 9.36 Å². The Balaban J connectivity index is 2.98. The van der Waals surface area contributed by atoms with Gasteiger partial charge in [-0.1, -0.05) is 17.8 Å². The van der Waals surface area contributed by atoms with Crippen LogP contribution in [0.1, 0.15) is 25.6 Å². The summed E-state index contributed by atoms with van der Waals surface area (Å²) in [5, 5.41) is 1.50. The zero-order chi connectivity index (χ0) is 13.4. The third-order valence-corrected chi connectivity index (χ3v) is 3.34. The van der Waals surface area contributed by atoms with Crippen molar-refractivity contribution in [3.63, 3.8) is 0 Å². The standard InChI is InChI=1S/C12H14BN3OS/c1-6(2)16-10-8(5-9(13)11(16)17)7(3)14-12(15-10)18-4/h5-6H,1-4H3. The summed E-state index contributed by atoms with van der Waals surface area (Å²) in [6.45, 7) is 5.78. The lowest BCUT2D eigenvalue weighted by molar-refractivity contribution is 0.594. The molecule has 0 aliphatic heterocycles. The van der Waals surface area contributed by atoms with Crippen LogP contribution in [0.4, 0.5) is 0 Å². The Morgan fingerprint density at radius 2 is 2.06 bits per heavy atom. The van der Waals surface area contributed by atoms with Gasteiger partial charge in [-0.2, -0.15) is 0 Å². The summed E-state index contributed by atoms with van der Waals surface area (Å²) < 4.78 is 1.62. The second kappa shape index (κ2) is 4.76. The lowest BCUT2D eigenvalue weighted by Gasteiger charge is -2.15. The largest absolute Gasteiger partial charge is 0.291 e. The highest BCUT2D eigenvalue weighted by molar-refractivity contribution is 7.98. The zero-order valence-electron chi connectivity index (χ0n) is 10.9. The van der Waals surface area contributed by atoms with E-state index in [0.717, 1.165) is 11.1 Å². The Morgan fingerprint density at radius 3 is 2.61 bits per heavy atom. The van der Waals surface area contributed by atoms with E-state index < -0.39 is 0 Å². The summed E-state index contributed by atoms with van der Waals surface area (Å²) in [6, 6.07) is 1.67. The molecule has 0 spiro atoms. The van der Waals surface area contributed by atoms with Crippen LogP contribution in [0.2, 0.25) is 0 Å². The van der Waals surface area contributed by atoms with Crippen molar-refractivity contribution >= 4 is 36.1 Å². The van der Waals surface area contributed by atoms with Crippen molar-refractivity contribution < 1.29 is 0 Å². The molecule has 0 aliphatic carbocycles. The molecule has 0 bridgehead atoms. The van der Waals surface area contributed by atoms with Crippen LogP contribution in [0.5, 0.6) is 0 Å². The number of rotatable bonds is 2. The molecule has 0 unspecified atom stereocenters. The first-order valence-electron chi connectivity index (χ1n) is 5.69. The minimum absolute atomic E-state index is 0.00695. The SMILES string of the molecule is [B]c1cc2c(C)nc(SC)nc2n(C(C)C)c1=O. The van der Waals surface area contributed by atoms with Crippen molar-refractivity contribution in [3.05, 3.63) is 22.1 Å². The average molecular weight is 259 g/mol. The van der Waals surface area contributed by atoms with Crippen molar-refractivity contribution in [1.29, 1.82) is 0 Å². The van der Waals surface area contributed by atoms with Gasteiger partial charge in [-0.05, 0) is 32.5 Å². The molecule has 0 saturated heterocycles. The Kier molecular flexibility index (Phi) is 3.48. The highest BCUT2D eigenvalue weighted by Gasteiger charge is 2.13. The second-order valence-corrected chi connectivity index (χ2v) is 5.17. The van der Waals surface area contributed by atoms with Gasteiger partial charge >= 0.3 is 0 Å². The van der Waals surface area contributed by atoms with E-state index in [-0.39, 0.29) is 17.1 Å². The lowest BCUT2D eigenvalue weighted by atomic mass is 9.96. The first-order chi connectivity index (χ1) is 8.45. The number of hydrogen-bond donors (Lipinski definition) is 0. The Hall–Kier alpha value is -1.30. The van der Waals surface area contributed by atoms with Crippen LogP contribution in [0.25, 0.3) is 11.0 Å². The van der Waals surface area contributed by atoms with Crippen LogP contribution >= 0.6 is 11.8 Å². The molecule has 0 fully saturated rings. The third-order valence-electron chi connectivity index (χ3n) is 2.79. The number of pyridine rings is 1. The number of thioether (sulfide) groups is 1. The summed E-state index contributed by atoms with van der Waals surface area (Å²) in [5.74, 6) is 0. The predicted octanol–water partition coefficient (Wildman–Crippen LogP) is 1.20. The second-order valence-electron chi connectivity index (χ2n) is 4.40. The molecule has 6 heteroatoms. The number of aryl methyl sites for hydroxylation is 1. The maximum atomic E-state index is 12.1. The van der Waals surface area contributed by atoms with Gasteiger partial charge in [0.1, 0.15) is 13.5 Å². The third kappa shape index (κ3) is 2.05. The van der Waals surface area contributed by atoms with Crippen LogP contribution in [0.15, 0.2) is 16.0 Å². The van der Waals surface area contributed by atoms with E-state index in [2.05, 4.69) is 9.97 Å². The Labute approximate surface area is 111 Å². The van der Waals surface area contributed by atoms with Crippen molar-refractivity contribution in [3.8, 4) is 0 Å². The highest BCUT2D eigenvalue weighted by atomic mass is 32.2. The molecular weight excluding hydrogens is 245 g/mol. The summed E-state index contributed by atoms with van der Waals surface area (Å²) >= 11 is 1.46. The molecule has 4 nitrogen and oxygen atoms in total. The minimum Gasteiger partial charge on any atom is -0.291 e. The molecule has 0 saturated carbocycles. The summed E-state index contributed by atoms with van der Waals surface area (Å²) in [5.41, 5.74) is 1.54. The minimum atomic E-state index is -0.192. The van der Waals surface area contributed by atoms with Gasteiger partial charge < -0.3 is 0 Å². The zero-order valence-corrected chi connectivity index (χ0v) is 11.7. The fraction of sp³-hybridized carbons (Fsp3) is 0.417. The van der Waals surface area contributed by atoms with Gasteiger partial charge in [0.2, 0.25) is 5.56 Å². The van der Waals surface area contributed by atoms with E-state index in [1.165, 1.54) is 11.8 Å². The van der Waals surface area contributed by atoms with E-state index in [4.69, 9.17) is 7.85 Å². The highest BCUT2D eigenvalue weighted by Crippen LogP contribution is 2.19. The van der Waals surface area contributed by atoms with Crippen molar-refractivity contribution in [2.45, 2.75) is 32.0 Å². The molecule has 2 radical (unpaired) electrons. The summed E-state index contributed by atoms with van der Waals surface area (Å²) in [7, 11) is 5.77. The average Bonchev–Trinajstić information content (AvgIpc) is 2.31. The Morgan fingerprint density at radius 1 is 1.39 bits per heavy atom. The maximum absolute atomic E-state index is 12.1. The molecule has 0 N–H and O–H groups in total. The molecule has 0 amide bonds. The van der Waals surface area contributed by atoms with Crippen LogP contribution in [-0.4, -0.2) is 28.6 Å². The van der Waals surface area contributed by atoms with E-state index in [1.807, 2.05) is 27.0 Å². The number of aromatic nitrogens is 3. The van der Waals surface area contributed by atoms with Crippen molar-refractivity contribution in [2.75, 3.05) is 6.26 Å². The number of hydrogen-bond acceptors (Lipinski definition) is 4. The molecule has 92 valence electrons. The monoisotopic (exact) mass is 259 g/mol. The number of nitrogens with zero attached hydrogens (tertiary/aromatic N) is 3. The first-order valence-corrected chi connectivity index (χ1v) is 6.91. The van der Waals surface area contributed by atoms with Crippen LogP contribution < -0.4 is 11.0 Å². The molecule has 2 heterocycles. The predicted molar refractivity (Wildman–Crippen MR) is 76.1 cm³/mol. The molecule has 18 heavy (non-hydrogen) atoms. The van der Waals surface area contributed by atoms with Crippen LogP contribution in [0.3, 0.4) is 0 Å². The van der Waals surface area contributed by atoms with E-state index in [1.54, 1.807) is 10.6 Å². The van der Waals surface area contributed by atoms with E-state index in [9.17, 15) is 4.79 Å². The fourth-order valence-corrected chi connectivity index (χ4v) is 2.32. The maximum Gasteiger partial charge on any atom is 0.245 e. The fourth-order valence-electron chi connectivity index (χ4n) is 1.92. The van der Waals surface area contributed by atoms with Gasteiger partial charge in [0, 0.05) is 11.4 Å². The molecule has 0 aliphatic rings. The van der Waals surface area contributed by atoms with Gasteiger partial charge in [-0.25, -0.2) is 9.97 Å². The lowest BCUT2D eigenvalue weighted by Crippen LogP contribution is -2.36. The quantitative estimate of drug-likeness (QED) is 0.462.